The van der Waals surface area contributed by atoms with Crippen LogP contribution in [-0.2, 0) is 16.0 Å². The number of benzene rings is 1. The molecule has 220 valence electrons. The van der Waals surface area contributed by atoms with Gasteiger partial charge in [0, 0.05) is 17.9 Å². The molecule has 0 heterocycles. The van der Waals surface area contributed by atoms with Crippen LogP contribution in [0.5, 0.6) is 0 Å². The normalized spacial score (nSPS) is 18.9. The van der Waals surface area contributed by atoms with E-state index in [-0.39, 0.29) is 41.5 Å². The molecule has 2 aliphatic carbocycles. The fraction of sp³-hybridized carbons (Fsp3) is 0.649. The molecule has 0 radical (unpaired) electrons. The second-order valence-electron chi connectivity index (χ2n) is 14.2. The summed E-state index contributed by atoms with van der Waals surface area (Å²) in [4.78, 5) is 38.5. The molecular weight excluding hydrogens is 492 g/mol. The zero-order valence-electron chi connectivity index (χ0n) is 26.8. The quantitative estimate of drug-likeness (QED) is 0.231. The molecular formula is C37H54O3. The lowest BCUT2D eigenvalue weighted by molar-refractivity contribution is -0.129. The number of fused-ring (bicyclic) bond motifs is 1. The average molecular weight is 547 g/mol. The maximum absolute atomic E-state index is 13.8. The molecule has 0 spiro atoms. The number of carbonyl (C=O) groups is 3. The highest BCUT2D eigenvalue weighted by atomic mass is 16.1. The second kappa shape index (κ2) is 13.6. The summed E-state index contributed by atoms with van der Waals surface area (Å²) in [5.41, 5.74) is 9.08. The molecule has 3 heteroatoms. The lowest BCUT2D eigenvalue weighted by Crippen LogP contribution is -2.30. The number of allylic oxidation sites excluding steroid dienone is 4. The summed E-state index contributed by atoms with van der Waals surface area (Å²) >= 11 is 0. The molecule has 3 rings (SSSR count). The summed E-state index contributed by atoms with van der Waals surface area (Å²) in [6, 6.07) is 2.38. The first kappa shape index (κ1) is 32.2. The Labute approximate surface area is 244 Å². The van der Waals surface area contributed by atoms with Crippen LogP contribution in [0.15, 0.2) is 23.8 Å². The summed E-state index contributed by atoms with van der Waals surface area (Å²) in [5, 5.41) is 0. The molecule has 1 aromatic rings. The molecule has 0 aliphatic heterocycles. The molecule has 3 unspecified atom stereocenters. The number of ketones is 3. The topological polar surface area (TPSA) is 51.2 Å². The van der Waals surface area contributed by atoms with E-state index >= 15 is 0 Å². The van der Waals surface area contributed by atoms with Gasteiger partial charge in [-0.1, -0.05) is 85.1 Å². The van der Waals surface area contributed by atoms with Crippen LogP contribution in [0.3, 0.4) is 0 Å². The van der Waals surface area contributed by atoms with E-state index in [9.17, 15) is 14.4 Å². The van der Waals surface area contributed by atoms with Crippen LogP contribution in [0, 0.1) is 30.1 Å². The van der Waals surface area contributed by atoms with Crippen molar-refractivity contribution in [3.05, 3.63) is 51.6 Å². The first-order chi connectivity index (χ1) is 18.7. The molecule has 3 atom stereocenters. The number of hydrogen-bond acceptors (Lipinski definition) is 3. The van der Waals surface area contributed by atoms with E-state index in [4.69, 9.17) is 0 Å². The highest BCUT2D eigenvalue weighted by Crippen LogP contribution is 2.43. The van der Waals surface area contributed by atoms with E-state index in [1.807, 2.05) is 0 Å². The molecule has 0 saturated heterocycles. The predicted octanol–water partition coefficient (Wildman–Crippen LogP) is 9.78. The minimum atomic E-state index is -0.0942. The van der Waals surface area contributed by atoms with E-state index in [0.29, 0.717) is 17.8 Å². The minimum absolute atomic E-state index is 0.0350. The third-order valence-corrected chi connectivity index (χ3v) is 9.22. The van der Waals surface area contributed by atoms with Gasteiger partial charge in [-0.25, -0.2) is 0 Å². The molecule has 2 aliphatic rings. The largest absolute Gasteiger partial charge is 0.300 e. The third kappa shape index (κ3) is 7.92. The highest BCUT2D eigenvalue weighted by Gasteiger charge is 2.35. The smallest absolute Gasteiger partial charge is 0.163 e. The van der Waals surface area contributed by atoms with Gasteiger partial charge < -0.3 is 0 Å². The van der Waals surface area contributed by atoms with Crippen molar-refractivity contribution in [2.45, 2.75) is 132 Å². The van der Waals surface area contributed by atoms with E-state index in [1.54, 1.807) is 0 Å². The summed E-state index contributed by atoms with van der Waals surface area (Å²) < 4.78 is 0. The van der Waals surface area contributed by atoms with Gasteiger partial charge in [-0.05, 0) is 103 Å². The molecule has 0 bridgehead atoms. The molecule has 0 fully saturated rings. The third-order valence-electron chi connectivity index (χ3n) is 9.22. The summed E-state index contributed by atoms with van der Waals surface area (Å²) in [6.45, 7) is 19.3. The van der Waals surface area contributed by atoms with Gasteiger partial charge in [-0.15, -0.1) is 0 Å². The Balaban J connectivity index is 1.88. The van der Waals surface area contributed by atoms with Crippen molar-refractivity contribution in [2.24, 2.45) is 23.2 Å². The minimum Gasteiger partial charge on any atom is -0.300 e. The zero-order valence-corrected chi connectivity index (χ0v) is 26.8. The second-order valence-corrected chi connectivity index (χ2v) is 14.2. The van der Waals surface area contributed by atoms with E-state index in [0.717, 1.165) is 56.1 Å². The van der Waals surface area contributed by atoms with Gasteiger partial charge in [0.15, 0.2) is 5.78 Å². The number of hydrogen-bond donors (Lipinski definition) is 0. The number of carbonyl (C=O) groups excluding carboxylic acids is 3. The van der Waals surface area contributed by atoms with Crippen LogP contribution >= 0.6 is 0 Å². The van der Waals surface area contributed by atoms with Crippen molar-refractivity contribution >= 4 is 22.9 Å². The Hall–Kier alpha value is -2.29. The van der Waals surface area contributed by atoms with Crippen LogP contribution in [0.1, 0.15) is 152 Å². The highest BCUT2D eigenvalue weighted by molar-refractivity contribution is 6.02. The lowest BCUT2D eigenvalue weighted by Gasteiger charge is -2.33. The maximum atomic E-state index is 13.8. The van der Waals surface area contributed by atoms with Crippen LogP contribution < -0.4 is 0 Å². The average Bonchev–Trinajstić information content (AvgIpc) is 3.31. The van der Waals surface area contributed by atoms with Crippen molar-refractivity contribution in [3.63, 3.8) is 0 Å². The Morgan fingerprint density at radius 1 is 1.07 bits per heavy atom. The monoisotopic (exact) mass is 546 g/mol. The fourth-order valence-corrected chi connectivity index (χ4v) is 7.15. The molecule has 0 amide bonds. The van der Waals surface area contributed by atoms with Crippen molar-refractivity contribution in [2.75, 3.05) is 0 Å². The van der Waals surface area contributed by atoms with Crippen molar-refractivity contribution in [1.82, 2.24) is 0 Å². The van der Waals surface area contributed by atoms with Gasteiger partial charge in [0.2, 0.25) is 0 Å². The van der Waals surface area contributed by atoms with Crippen molar-refractivity contribution in [3.8, 4) is 0 Å². The molecule has 0 N–H and O–H groups in total. The van der Waals surface area contributed by atoms with Gasteiger partial charge in [0.1, 0.15) is 11.6 Å². The van der Waals surface area contributed by atoms with Crippen LogP contribution in [0.2, 0.25) is 0 Å². The zero-order chi connectivity index (χ0) is 29.8. The summed E-state index contributed by atoms with van der Waals surface area (Å²) in [5.74, 6) is 1.01. The number of Topliss-reactive ketones (excluding diaryl/α,β-unsaturated/α-hetero) is 3. The van der Waals surface area contributed by atoms with Gasteiger partial charge >= 0.3 is 0 Å². The molecule has 0 saturated carbocycles. The van der Waals surface area contributed by atoms with Crippen molar-refractivity contribution in [1.29, 1.82) is 0 Å². The Bertz CT molecular complexity index is 1170. The SMILES string of the molecule is CCCC(CC1CC(=O)c2c(C)c(C3=CC=C(CCC(C)(C)C)C3)cc(C(C)C)c2C1)C(CC)C(=O)CC(C)=O. The maximum Gasteiger partial charge on any atom is 0.163 e. The van der Waals surface area contributed by atoms with Crippen LogP contribution in [-0.4, -0.2) is 17.3 Å². The van der Waals surface area contributed by atoms with E-state index in [1.165, 1.54) is 41.2 Å². The molecule has 1 aromatic carbocycles. The number of rotatable bonds is 13. The van der Waals surface area contributed by atoms with Gasteiger partial charge in [-0.3, -0.25) is 14.4 Å². The predicted molar refractivity (Wildman–Crippen MR) is 168 cm³/mol. The lowest BCUT2D eigenvalue weighted by atomic mass is 9.70. The standard InChI is InChI=1S/C37H54O3/c1-10-12-28(30(11-2)34(39)17-24(5)38)19-27-20-33-31(23(3)4)22-32(25(6)36(33)35(40)21-27)29-14-13-26(18-29)15-16-37(7,8)9/h13-14,22-23,27-28,30H,10-12,15-21H2,1-9H3. The van der Waals surface area contributed by atoms with Crippen LogP contribution in [0.4, 0.5) is 0 Å². The van der Waals surface area contributed by atoms with Crippen LogP contribution in [0.25, 0.3) is 5.57 Å². The fourth-order valence-electron chi connectivity index (χ4n) is 7.15. The van der Waals surface area contributed by atoms with Gasteiger partial charge in [0.25, 0.3) is 0 Å². The Kier molecular flexibility index (Phi) is 10.9. The van der Waals surface area contributed by atoms with Gasteiger partial charge in [0.05, 0.1) is 6.42 Å². The first-order valence-electron chi connectivity index (χ1n) is 15.9. The molecule has 0 aromatic heterocycles. The first-order valence-corrected chi connectivity index (χ1v) is 15.9. The van der Waals surface area contributed by atoms with E-state index < -0.39 is 0 Å². The Morgan fingerprint density at radius 2 is 1.77 bits per heavy atom. The Morgan fingerprint density at radius 3 is 2.35 bits per heavy atom. The van der Waals surface area contributed by atoms with E-state index in [2.05, 4.69) is 73.6 Å². The van der Waals surface area contributed by atoms with Gasteiger partial charge in [-0.2, -0.15) is 0 Å². The summed E-state index contributed by atoms with van der Waals surface area (Å²) in [7, 11) is 0. The van der Waals surface area contributed by atoms with Crippen molar-refractivity contribution < 1.29 is 14.4 Å². The molecule has 40 heavy (non-hydrogen) atoms. The molecule has 3 nitrogen and oxygen atoms in total. The summed E-state index contributed by atoms with van der Waals surface area (Å²) in [6.07, 6.45) is 13.0.